The fraction of sp³-hybridized carbons (Fsp3) is 0.118. The van der Waals surface area contributed by atoms with E-state index in [1.165, 1.54) is 12.1 Å². The Bertz CT molecular complexity index is 718. The van der Waals surface area contributed by atoms with Crippen molar-refractivity contribution in [1.29, 1.82) is 0 Å². The van der Waals surface area contributed by atoms with Crippen molar-refractivity contribution in [2.75, 3.05) is 0 Å². The van der Waals surface area contributed by atoms with Crippen molar-refractivity contribution in [3.63, 3.8) is 0 Å². The van der Waals surface area contributed by atoms with Crippen molar-refractivity contribution in [2.24, 2.45) is 0 Å². The molecule has 0 amide bonds. The second-order valence-corrected chi connectivity index (χ2v) is 4.68. The molecular formula is C17H15NO4. The van der Waals surface area contributed by atoms with Crippen molar-refractivity contribution in [3.8, 4) is 0 Å². The van der Waals surface area contributed by atoms with Crippen LogP contribution in [0.4, 0.5) is 5.69 Å². The van der Waals surface area contributed by atoms with Gasteiger partial charge in [0.2, 0.25) is 0 Å². The first-order chi connectivity index (χ1) is 10.5. The second-order valence-electron chi connectivity index (χ2n) is 4.68. The van der Waals surface area contributed by atoms with Crippen LogP contribution in [-0.4, -0.2) is 16.0 Å². The van der Waals surface area contributed by atoms with Crippen molar-refractivity contribution in [2.45, 2.75) is 13.3 Å². The highest BCUT2D eigenvalue weighted by Gasteiger charge is 2.17. The van der Waals surface area contributed by atoms with Gasteiger partial charge in [0.1, 0.15) is 0 Å². The molecule has 0 aromatic heterocycles. The largest absolute Gasteiger partial charge is 0.478 e. The molecular weight excluding hydrogens is 282 g/mol. The highest BCUT2D eigenvalue weighted by atomic mass is 16.6. The summed E-state index contributed by atoms with van der Waals surface area (Å²) < 4.78 is 0. The molecule has 0 unspecified atom stereocenters. The van der Waals surface area contributed by atoms with Crippen LogP contribution >= 0.6 is 0 Å². The maximum absolute atomic E-state index is 11.5. The first kappa shape index (κ1) is 15.4. The predicted molar refractivity (Wildman–Crippen MR) is 83.5 cm³/mol. The number of nitrogens with zero attached hydrogens (tertiary/aromatic N) is 1. The van der Waals surface area contributed by atoms with Gasteiger partial charge in [0, 0.05) is 17.7 Å². The molecule has 0 spiro atoms. The third kappa shape index (κ3) is 3.20. The van der Waals surface area contributed by atoms with Crippen LogP contribution in [-0.2, 0) is 4.79 Å². The molecule has 0 aliphatic rings. The minimum Gasteiger partial charge on any atom is -0.478 e. The number of hydrogen-bond donors (Lipinski definition) is 1. The first-order valence-corrected chi connectivity index (χ1v) is 6.81. The van der Waals surface area contributed by atoms with Gasteiger partial charge in [-0.2, -0.15) is 0 Å². The Morgan fingerprint density at radius 2 is 1.59 bits per heavy atom. The summed E-state index contributed by atoms with van der Waals surface area (Å²) in [4.78, 5) is 21.8. The molecule has 0 heterocycles. The van der Waals surface area contributed by atoms with Crippen LogP contribution in [0.3, 0.4) is 0 Å². The molecule has 112 valence electrons. The number of nitro benzene ring substituents is 1. The molecule has 0 aliphatic heterocycles. The highest BCUT2D eigenvalue weighted by Crippen LogP contribution is 2.29. The Balaban J connectivity index is 2.64. The molecule has 5 nitrogen and oxygen atoms in total. The number of rotatable bonds is 5. The predicted octanol–water partition coefficient (Wildman–Crippen LogP) is 3.89. The summed E-state index contributed by atoms with van der Waals surface area (Å²) in [6.07, 6.45) is 0.358. The third-order valence-electron chi connectivity index (χ3n) is 3.34. The molecule has 0 fully saturated rings. The summed E-state index contributed by atoms with van der Waals surface area (Å²) in [6.45, 7) is 1.78. The number of carboxylic acids is 1. The lowest BCUT2D eigenvalue weighted by Gasteiger charge is -2.12. The number of aliphatic carboxylic acids is 1. The SMILES string of the molecule is CC/C(C(=O)O)=C(\c1ccccc1)c1ccc([N+](=O)[O-])cc1. The second kappa shape index (κ2) is 6.67. The van der Waals surface area contributed by atoms with Gasteiger partial charge >= 0.3 is 5.97 Å². The molecule has 1 N–H and O–H groups in total. The topological polar surface area (TPSA) is 80.4 Å². The lowest BCUT2D eigenvalue weighted by Crippen LogP contribution is -2.05. The first-order valence-electron chi connectivity index (χ1n) is 6.81. The summed E-state index contributed by atoms with van der Waals surface area (Å²) in [5.74, 6) is -0.986. The van der Waals surface area contributed by atoms with Crippen LogP contribution in [0.25, 0.3) is 5.57 Å². The molecule has 0 atom stereocenters. The number of benzene rings is 2. The number of carbonyl (C=O) groups is 1. The molecule has 0 aliphatic carbocycles. The van der Waals surface area contributed by atoms with Gasteiger partial charge in [-0.3, -0.25) is 10.1 Å². The number of hydrogen-bond acceptors (Lipinski definition) is 3. The minimum atomic E-state index is -0.986. The lowest BCUT2D eigenvalue weighted by atomic mass is 9.91. The maximum Gasteiger partial charge on any atom is 0.332 e. The number of nitro groups is 1. The van der Waals surface area contributed by atoms with E-state index in [-0.39, 0.29) is 11.3 Å². The highest BCUT2D eigenvalue weighted by molar-refractivity contribution is 6.00. The Kier molecular flexibility index (Phi) is 4.68. The van der Waals surface area contributed by atoms with E-state index in [1.807, 2.05) is 30.3 Å². The summed E-state index contributed by atoms with van der Waals surface area (Å²) in [7, 11) is 0. The van der Waals surface area contributed by atoms with Gasteiger partial charge in [-0.15, -0.1) is 0 Å². The zero-order valence-corrected chi connectivity index (χ0v) is 12.0. The molecule has 2 aromatic rings. The minimum absolute atomic E-state index is 0.0236. The number of non-ortho nitro benzene ring substituents is 1. The smallest absolute Gasteiger partial charge is 0.332 e. The monoisotopic (exact) mass is 297 g/mol. The molecule has 0 saturated carbocycles. The van der Waals surface area contributed by atoms with Gasteiger partial charge in [-0.25, -0.2) is 4.79 Å². The van der Waals surface area contributed by atoms with Gasteiger partial charge < -0.3 is 5.11 Å². The van der Waals surface area contributed by atoms with E-state index in [0.29, 0.717) is 17.6 Å². The van der Waals surface area contributed by atoms with Gasteiger partial charge in [0.15, 0.2) is 0 Å². The van der Waals surface area contributed by atoms with Gasteiger partial charge in [-0.1, -0.05) is 37.3 Å². The number of carboxylic acid groups (broad SMARTS) is 1. The van der Waals surface area contributed by atoms with Crippen LogP contribution in [0.15, 0.2) is 60.2 Å². The average Bonchev–Trinajstić information content (AvgIpc) is 2.53. The van der Waals surface area contributed by atoms with Gasteiger partial charge in [0.05, 0.1) is 4.92 Å². The van der Waals surface area contributed by atoms with E-state index in [4.69, 9.17) is 0 Å². The van der Waals surface area contributed by atoms with Crippen LogP contribution in [0, 0.1) is 10.1 Å². The fourth-order valence-corrected chi connectivity index (χ4v) is 2.30. The van der Waals surface area contributed by atoms with Crippen molar-refractivity contribution in [3.05, 3.63) is 81.4 Å². The zero-order valence-electron chi connectivity index (χ0n) is 12.0. The van der Waals surface area contributed by atoms with E-state index in [1.54, 1.807) is 19.1 Å². The standard InChI is InChI=1S/C17H15NO4/c1-2-15(17(19)20)16(12-6-4-3-5-7-12)13-8-10-14(11-9-13)18(21)22/h3-11H,2H2,1H3,(H,19,20)/b16-15-. The van der Waals surface area contributed by atoms with E-state index < -0.39 is 10.9 Å². The molecule has 0 saturated heterocycles. The van der Waals surface area contributed by atoms with E-state index in [9.17, 15) is 20.0 Å². The lowest BCUT2D eigenvalue weighted by molar-refractivity contribution is -0.384. The summed E-state index contributed by atoms with van der Waals surface area (Å²) in [6, 6.07) is 15.1. The van der Waals surface area contributed by atoms with Crippen LogP contribution in [0.1, 0.15) is 24.5 Å². The molecule has 22 heavy (non-hydrogen) atoms. The quantitative estimate of drug-likeness (QED) is 0.515. The average molecular weight is 297 g/mol. The molecule has 2 rings (SSSR count). The van der Waals surface area contributed by atoms with Crippen LogP contribution in [0.5, 0.6) is 0 Å². The van der Waals surface area contributed by atoms with Crippen molar-refractivity contribution in [1.82, 2.24) is 0 Å². The summed E-state index contributed by atoms with van der Waals surface area (Å²) in [5.41, 5.74) is 2.27. The Morgan fingerprint density at radius 1 is 1.05 bits per heavy atom. The Hall–Kier alpha value is -2.95. The molecule has 0 bridgehead atoms. The third-order valence-corrected chi connectivity index (χ3v) is 3.34. The zero-order chi connectivity index (χ0) is 16.1. The normalized spacial score (nSPS) is 11.7. The molecule has 0 radical (unpaired) electrons. The van der Waals surface area contributed by atoms with Crippen LogP contribution in [0.2, 0.25) is 0 Å². The molecule has 2 aromatic carbocycles. The van der Waals surface area contributed by atoms with E-state index >= 15 is 0 Å². The Labute approximate surface area is 127 Å². The fourth-order valence-electron chi connectivity index (χ4n) is 2.30. The van der Waals surface area contributed by atoms with Crippen molar-refractivity contribution >= 4 is 17.2 Å². The van der Waals surface area contributed by atoms with Gasteiger partial charge in [-0.05, 0) is 35.3 Å². The van der Waals surface area contributed by atoms with Crippen molar-refractivity contribution < 1.29 is 14.8 Å². The maximum atomic E-state index is 11.5. The summed E-state index contributed by atoms with van der Waals surface area (Å²) >= 11 is 0. The van der Waals surface area contributed by atoms with E-state index in [0.717, 1.165) is 5.56 Å². The van der Waals surface area contributed by atoms with Gasteiger partial charge in [0.25, 0.3) is 5.69 Å². The Morgan fingerprint density at radius 3 is 2.05 bits per heavy atom. The van der Waals surface area contributed by atoms with Crippen LogP contribution < -0.4 is 0 Å². The summed E-state index contributed by atoms with van der Waals surface area (Å²) in [5, 5.41) is 20.2. The van der Waals surface area contributed by atoms with E-state index in [2.05, 4.69) is 0 Å². The molecule has 5 heteroatoms.